The molecular weight excluding hydrogens is 653 g/mol. The normalized spacial score (nSPS) is 23.6. The molecule has 14 rings (SSSR count). The van der Waals surface area contributed by atoms with Crippen LogP contribution < -0.4 is 0 Å². The summed E-state index contributed by atoms with van der Waals surface area (Å²) in [4.78, 5) is 0. The number of rotatable bonds is 3. The highest BCUT2D eigenvalue weighted by atomic mass is 15.0. The van der Waals surface area contributed by atoms with Gasteiger partial charge in [-0.3, -0.25) is 0 Å². The number of hydrogen-bond donors (Lipinski definition) is 0. The first kappa shape index (κ1) is 29.6. The smallest absolute Gasteiger partial charge is 0.0561 e. The van der Waals surface area contributed by atoms with Crippen LogP contribution in [0, 0.1) is 23.7 Å². The molecule has 2 heterocycles. The van der Waals surface area contributed by atoms with E-state index in [2.05, 4.69) is 167 Å². The average molecular weight is 693 g/mol. The summed E-state index contributed by atoms with van der Waals surface area (Å²) in [5.41, 5.74) is 16.4. The maximum atomic E-state index is 2.53. The Bertz CT molecular complexity index is 2980. The fourth-order valence-electron chi connectivity index (χ4n) is 12.9. The minimum atomic E-state index is 0.157. The molecule has 0 saturated heterocycles. The molecule has 4 bridgehead atoms. The molecule has 0 unspecified atom stereocenters. The highest BCUT2D eigenvalue weighted by molar-refractivity contribution is 6.17. The summed E-state index contributed by atoms with van der Waals surface area (Å²) < 4.78 is 4.94. The molecule has 4 saturated carbocycles. The van der Waals surface area contributed by atoms with Gasteiger partial charge in [-0.1, -0.05) is 115 Å². The van der Waals surface area contributed by atoms with Crippen LogP contribution in [-0.4, -0.2) is 9.13 Å². The summed E-state index contributed by atoms with van der Waals surface area (Å²) >= 11 is 0. The van der Waals surface area contributed by atoms with Crippen LogP contribution in [0.3, 0.4) is 0 Å². The van der Waals surface area contributed by atoms with Crippen molar-refractivity contribution in [2.45, 2.75) is 37.5 Å². The molecule has 2 nitrogen and oxygen atoms in total. The zero-order valence-corrected chi connectivity index (χ0v) is 30.3. The third-order valence-electron chi connectivity index (χ3n) is 14.5. The van der Waals surface area contributed by atoms with E-state index >= 15 is 0 Å². The van der Waals surface area contributed by atoms with Crippen molar-refractivity contribution in [3.05, 3.63) is 169 Å². The topological polar surface area (TPSA) is 9.86 Å². The van der Waals surface area contributed by atoms with Gasteiger partial charge in [-0.25, -0.2) is 0 Å². The van der Waals surface area contributed by atoms with Gasteiger partial charge in [-0.2, -0.15) is 0 Å². The second-order valence-corrected chi connectivity index (χ2v) is 16.9. The van der Waals surface area contributed by atoms with Crippen molar-refractivity contribution in [3.63, 3.8) is 0 Å². The molecule has 5 aliphatic rings. The lowest BCUT2D eigenvalue weighted by Gasteiger charge is -2.61. The number of nitrogens with zero attached hydrogens (tertiary/aromatic N) is 2. The number of hydrogen-bond acceptors (Lipinski definition) is 0. The molecule has 0 N–H and O–H groups in total. The van der Waals surface area contributed by atoms with Crippen LogP contribution >= 0.6 is 0 Å². The highest BCUT2D eigenvalue weighted by Gasteiger charge is 2.61. The van der Waals surface area contributed by atoms with Crippen molar-refractivity contribution in [1.29, 1.82) is 0 Å². The van der Waals surface area contributed by atoms with E-state index in [1.807, 2.05) is 0 Å². The first-order valence-electron chi connectivity index (χ1n) is 20.1. The fourth-order valence-corrected chi connectivity index (χ4v) is 12.9. The monoisotopic (exact) mass is 692 g/mol. The molecule has 258 valence electrons. The van der Waals surface area contributed by atoms with E-state index in [4.69, 9.17) is 0 Å². The summed E-state index contributed by atoms with van der Waals surface area (Å²) in [6.07, 6.45) is 7.09. The minimum Gasteiger partial charge on any atom is -0.309 e. The molecule has 0 amide bonds. The van der Waals surface area contributed by atoms with Crippen molar-refractivity contribution in [2.75, 3.05) is 0 Å². The maximum absolute atomic E-state index is 2.53. The van der Waals surface area contributed by atoms with Gasteiger partial charge < -0.3 is 9.13 Å². The van der Waals surface area contributed by atoms with Gasteiger partial charge in [0.15, 0.2) is 0 Å². The third kappa shape index (κ3) is 3.67. The predicted molar refractivity (Wildman–Crippen MR) is 224 cm³/mol. The molecule has 7 aromatic carbocycles. The van der Waals surface area contributed by atoms with E-state index in [1.54, 1.807) is 11.1 Å². The fraction of sp³-hybridized carbons (Fsp3) is 0.192. The van der Waals surface area contributed by atoms with E-state index in [1.165, 1.54) is 109 Å². The van der Waals surface area contributed by atoms with E-state index in [9.17, 15) is 0 Å². The van der Waals surface area contributed by atoms with Crippen molar-refractivity contribution < 1.29 is 0 Å². The lowest BCUT2D eigenvalue weighted by molar-refractivity contribution is -0.0399. The first-order chi connectivity index (χ1) is 26.8. The van der Waals surface area contributed by atoms with E-state index < -0.39 is 0 Å². The Hall–Kier alpha value is -5.86. The molecule has 0 radical (unpaired) electrons. The maximum Gasteiger partial charge on any atom is 0.0561 e. The van der Waals surface area contributed by atoms with Crippen molar-refractivity contribution in [3.8, 4) is 33.6 Å². The molecule has 2 heteroatoms. The van der Waals surface area contributed by atoms with Crippen LogP contribution in [0.25, 0.3) is 77.2 Å². The molecule has 0 atom stereocenters. The van der Waals surface area contributed by atoms with Crippen molar-refractivity contribution in [1.82, 2.24) is 9.13 Å². The summed E-state index contributed by atoms with van der Waals surface area (Å²) in [5, 5.41) is 5.20. The van der Waals surface area contributed by atoms with E-state index in [-0.39, 0.29) is 5.41 Å². The van der Waals surface area contributed by atoms with Crippen LogP contribution in [0.1, 0.15) is 43.2 Å². The van der Waals surface area contributed by atoms with Gasteiger partial charge in [0.05, 0.1) is 22.1 Å². The highest BCUT2D eigenvalue weighted by Crippen LogP contribution is 2.70. The predicted octanol–water partition coefficient (Wildman–Crippen LogP) is 13.3. The number of fused-ring (bicyclic) bond motifs is 9. The Morgan fingerprint density at radius 1 is 0.389 bits per heavy atom. The van der Waals surface area contributed by atoms with E-state index in [0.717, 1.165) is 23.7 Å². The number of para-hydroxylation sites is 3. The zero-order chi connectivity index (χ0) is 35.1. The molecule has 0 aliphatic heterocycles. The SMILES string of the molecule is c1ccc(-n2c3ccccc3c3ccc(-n4c5ccccc5c5c(-c6cccc7c6-c6ccccc6C76C7CC8CC(C7)CC6C8)cccc54)cc32)cc1. The summed E-state index contributed by atoms with van der Waals surface area (Å²) in [6.45, 7) is 0. The Morgan fingerprint density at radius 2 is 0.963 bits per heavy atom. The molecule has 1 spiro atoms. The second-order valence-electron chi connectivity index (χ2n) is 16.9. The van der Waals surface area contributed by atoms with Crippen LogP contribution in [0.2, 0.25) is 0 Å². The van der Waals surface area contributed by atoms with Gasteiger partial charge in [-0.15, -0.1) is 0 Å². The number of aromatic nitrogens is 2. The zero-order valence-electron chi connectivity index (χ0n) is 30.3. The summed E-state index contributed by atoms with van der Waals surface area (Å²) in [7, 11) is 0. The van der Waals surface area contributed by atoms with Gasteiger partial charge in [0.25, 0.3) is 0 Å². The second kappa shape index (κ2) is 10.6. The largest absolute Gasteiger partial charge is 0.309 e. The quantitative estimate of drug-likeness (QED) is 0.174. The molecule has 4 fully saturated rings. The van der Waals surface area contributed by atoms with Gasteiger partial charge in [0.1, 0.15) is 0 Å². The lowest BCUT2D eigenvalue weighted by Crippen LogP contribution is -2.55. The summed E-state index contributed by atoms with van der Waals surface area (Å²) in [6, 6.07) is 59.7. The molecule has 9 aromatic rings. The Kier molecular flexibility index (Phi) is 5.83. The van der Waals surface area contributed by atoms with Crippen LogP contribution in [0.15, 0.2) is 158 Å². The van der Waals surface area contributed by atoms with Gasteiger partial charge in [0.2, 0.25) is 0 Å². The Morgan fingerprint density at radius 3 is 1.78 bits per heavy atom. The minimum absolute atomic E-state index is 0.157. The van der Waals surface area contributed by atoms with Gasteiger partial charge in [-0.05, 0) is 132 Å². The lowest BCUT2D eigenvalue weighted by atomic mass is 9.43. The Balaban J connectivity index is 1.07. The standard InChI is InChI=1S/C52H40N2/c1-2-12-36(13-3-1)53-46-21-8-5-14-38(46)39-25-24-37(31-49(39)53)54-47-22-9-6-16-43(47)51-41(18-11-23-48(51)54)40-17-10-20-45-50(40)42-15-4-7-19-44(42)52(45)34-27-32-26-33(29-34)30-35(52)28-32/h1-25,31-35H,26-30H2. The first-order valence-corrected chi connectivity index (χ1v) is 20.1. The molecule has 2 aromatic heterocycles. The Labute approximate surface area is 315 Å². The summed E-state index contributed by atoms with van der Waals surface area (Å²) in [5.74, 6) is 3.38. The molecule has 54 heavy (non-hydrogen) atoms. The van der Waals surface area contributed by atoms with Crippen LogP contribution in [0.5, 0.6) is 0 Å². The van der Waals surface area contributed by atoms with E-state index in [0.29, 0.717) is 0 Å². The van der Waals surface area contributed by atoms with Crippen LogP contribution in [-0.2, 0) is 5.41 Å². The molecular formula is C52H40N2. The van der Waals surface area contributed by atoms with Gasteiger partial charge >= 0.3 is 0 Å². The van der Waals surface area contributed by atoms with Crippen molar-refractivity contribution >= 4 is 43.6 Å². The van der Waals surface area contributed by atoms with Crippen LogP contribution in [0.4, 0.5) is 0 Å². The van der Waals surface area contributed by atoms with Gasteiger partial charge in [0, 0.05) is 38.3 Å². The third-order valence-corrected chi connectivity index (χ3v) is 14.5. The number of benzene rings is 7. The molecule has 5 aliphatic carbocycles. The van der Waals surface area contributed by atoms with Crippen molar-refractivity contribution in [2.24, 2.45) is 23.7 Å². The average Bonchev–Trinajstić information content (AvgIpc) is 3.84.